The molecule has 0 radical (unpaired) electrons. The van der Waals surface area contributed by atoms with Crippen molar-refractivity contribution in [3.05, 3.63) is 17.7 Å². The highest BCUT2D eigenvalue weighted by Crippen LogP contribution is 2.22. The lowest BCUT2D eigenvalue weighted by Gasteiger charge is -2.18. The molecule has 0 saturated heterocycles. The van der Waals surface area contributed by atoms with Crippen molar-refractivity contribution < 1.29 is 9.53 Å². The third-order valence-corrected chi connectivity index (χ3v) is 1.96. The number of imidazole rings is 1. The number of aromatic nitrogens is 2. The third kappa shape index (κ3) is 2.42. The zero-order valence-corrected chi connectivity index (χ0v) is 8.78. The standard InChI is InChI=1S/C10H16N2O2/c1-4-14-9(7(2)3)10-11-5-8(6-13)12-10/h5-7,9H,4H2,1-3H3,(H,11,12). The number of aromatic amines is 1. The van der Waals surface area contributed by atoms with Crippen molar-refractivity contribution in [1.29, 1.82) is 0 Å². The van der Waals surface area contributed by atoms with Gasteiger partial charge in [-0.25, -0.2) is 4.98 Å². The molecule has 1 atom stereocenters. The lowest BCUT2D eigenvalue weighted by Crippen LogP contribution is -2.12. The molecular formula is C10H16N2O2. The average Bonchev–Trinajstić information content (AvgIpc) is 2.61. The van der Waals surface area contributed by atoms with Gasteiger partial charge in [0, 0.05) is 6.61 Å². The molecule has 1 aromatic rings. The number of nitrogens with zero attached hydrogens (tertiary/aromatic N) is 1. The van der Waals surface area contributed by atoms with Crippen molar-refractivity contribution >= 4 is 6.29 Å². The van der Waals surface area contributed by atoms with Gasteiger partial charge in [0.05, 0.1) is 11.9 Å². The van der Waals surface area contributed by atoms with E-state index in [4.69, 9.17) is 4.74 Å². The smallest absolute Gasteiger partial charge is 0.167 e. The molecule has 0 aromatic carbocycles. The van der Waals surface area contributed by atoms with E-state index >= 15 is 0 Å². The molecule has 1 aromatic heterocycles. The van der Waals surface area contributed by atoms with E-state index in [9.17, 15) is 4.79 Å². The van der Waals surface area contributed by atoms with Crippen LogP contribution in [0.2, 0.25) is 0 Å². The van der Waals surface area contributed by atoms with Gasteiger partial charge < -0.3 is 9.72 Å². The second kappa shape index (κ2) is 4.91. The fourth-order valence-electron chi connectivity index (χ4n) is 1.32. The van der Waals surface area contributed by atoms with Crippen molar-refractivity contribution in [2.75, 3.05) is 6.61 Å². The number of aldehydes is 1. The summed E-state index contributed by atoms with van der Waals surface area (Å²) in [4.78, 5) is 17.5. The molecule has 1 unspecified atom stereocenters. The van der Waals surface area contributed by atoms with Gasteiger partial charge in [0.2, 0.25) is 0 Å². The van der Waals surface area contributed by atoms with Crippen LogP contribution in [0.25, 0.3) is 0 Å². The SMILES string of the molecule is CCOC(c1ncc(C=O)[nH]1)C(C)C. The Morgan fingerprint density at radius 1 is 1.64 bits per heavy atom. The Kier molecular flexibility index (Phi) is 3.83. The number of carbonyl (C=O) groups is 1. The van der Waals surface area contributed by atoms with Crippen LogP contribution >= 0.6 is 0 Å². The van der Waals surface area contributed by atoms with E-state index in [0.29, 0.717) is 18.2 Å². The number of ether oxygens (including phenoxy) is 1. The van der Waals surface area contributed by atoms with Crippen LogP contribution in [0.4, 0.5) is 0 Å². The summed E-state index contributed by atoms with van der Waals surface area (Å²) in [5, 5.41) is 0. The summed E-state index contributed by atoms with van der Waals surface area (Å²) in [5.74, 6) is 1.06. The summed E-state index contributed by atoms with van der Waals surface area (Å²) < 4.78 is 5.54. The molecule has 0 fully saturated rings. The Hall–Kier alpha value is -1.16. The quantitative estimate of drug-likeness (QED) is 0.732. The van der Waals surface area contributed by atoms with Crippen LogP contribution in [-0.2, 0) is 4.74 Å². The van der Waals surface area contributed by atoms with Crippen molar-refractivity contribution in [3.63, 3.8) is 0 Å². The van der Waals surface area contributed by atoms with Crippen molar-refractivity contribution in [2.24, 2.45) is 5.92 Å². The maximum absolute atomic E-state index is 10.5. The zero-order valence-electron chi connectivity index (χ0n) is 8.78. The number of hydrogen-bond acceptors (Lipinski definition) is 3. The van der Waals surface area contributed by atoms with Gasteiger partial charge in [-0.05, 0) is 12.8 Å². The van der Waals surface area contributed by atoms with E-state index in [-0.39, 0.29) is 6.10 Å². The van der Waals surface area contributed by atoms with Gasteiger partial charge in [-0.3, -0.25) is 4.79 Å². The Balaban J connectivity index is 2.81. The van der Waals surface area contributed by atoms with Gasteiger partial charge in [-0.2, -0.15) is 0 Å². The van der Waals surface area contributed by atoms with E-state index in [2.05, 4.69) is 23.8 Å². The highest BCUT2D eigenvalue weighted by Gasteiger charge is 2.18. The van der Waals surface area contributed by atoms with Gasteiger partial charge >= 0.3 is 0 Å². The van der Waals surface area contributed by atoms with Crippen molar-refractivity contribution in [1.82, 2.24) is 9.97 Å². The van der Waals surface area contributed by atoms with Crippen LogP contribution < -0.4 is 0 Å². The minimum absolute atomic E-state index is 0.0614. The fraction of sp³-hybridized carbons (Fsp3) is 0.600. The predicted molar refractivity (Wildman–Crippen MR) is 53.2 cm³/mol. The van der Waals surface area contributed by atoms with E-state index in [1.807, 2.05) is 6.92 Å². The highest BCUT2D eigenvalue weighted by molar-refractivity contribution is 5.71. The maximum Gasteiger partial charge on any atom is 0.167 e. The molecule has 0 spiro atoms. The summed E-state index contributed by atoms with van der Waals surface area (Å²) in [6.07, 6.45) is 2.21. The fourth-order valence-corrected chi connectivity index (χ4v) is 1.32. The second-order valence-corrected chi connectivity index (χ2v) is 3.46. The monoisotopic (exact) mass is 196 g/mol. The molecule has 1 rings (SSSR count). The molecule has 0 aliphatic heterocycles. The first-order valence-corrected chi connectivity index (χ1v) is 4.80. The summed E-state index contributed by atoms with van der Waals surface area (Å²) in [7, 11) is 0. The number of carbonyl (C=O) groups excluding carboxylic acids is 1. The lowest BCUT2D eigenvalue weighted by molar-refractivity contribution is 0.0237. The minimum Gasteiger partial charge on any atom is -0.370 e. The number of hydrogen-bond donors (Lipinski definition) is 1. The van der Waals surface area contributed by atoms with Crippen LogP contribution in [-0.4, -0.2) is 22.9 Å². The first-order valence-electron chi connectivity index (χ1n) is 4.80. The molecule has 0 amide bonds. The minimum atomic E-state index is -0.0614. The topological polar surface area (TPSA) is 55.0 Å². The van der Waals surface area contributed by atoms with Gasteiger partial charge in [0.1, 0.15) is 11.9 Å². The Morgan fingerprint density at radius 3 is 2.79 bits per heavy atom. The first kappa shape index (κ1) is 10.9. The molecule has 4 heteroatoms. The Labute approximate surface area is 83.7 Å². The summed E-state index contributed by atoms with van der Waals surface area (Å²) >= 11 is 0. The van der Waals surface area contributed by atoms with Crippen LogP contribution in [0.5, 0.6) is 0 Å². The highest BCUT2D eigenvalue weighted by atomic mass is 16.5. The lowest BCUT2D eigenvalue weighted by atomic mass is 10.1. The van der Waals surface area contributed by atoms with Gasteiger partial charge in [-0.15, -0.1) is 0 Å². The van der Waals surface area contributed by atoms with Crippen LogP contribution in [0, 0.1) is 5.92 Å². The van der Waals surface area contributed by atoms with Crippen LogP contribution in [0.3, 0.4) is 0 Å². The zero-order chi connectivity index (χ0) is 10.6. The summed E-state index contributed by atoms with van der Waals surface area (Å²) in [6.45, 7) is 6.70. The molecular weight excluding hydrogens is 180 g/mol. The molecule has 0 saturated carbocycles. The van der Waals surface area contributed by atoms with Gasteiger partial charge in [0.25, 0.3) is 0 Å². The maximum atomic E-state index is 10.5. The first-order chi connectivity index (χ1) is 6.69. The summed E-state index contributed by atoms with van der Waals surface area (Å²) in [5.41, 5.74) is 0.491. The van der Waals surface area contributed by atoms with Gasteiger partial charge in [0.15, 0.2) is 6.29 Å². The van der Waals surface area contributed by atoms with E-state index in [0.717, 1.165) is 12.1 Å². The second-order valence-electron chi connectivity index (χ2n) is 3.46. The largest absolute Gasteiger partial charge is 0.370 e. The third-order valence-electron chi connectivity index (χ3n) is 1.96. The van der Waals surface area contributed by atoms with E-state index in [1.165, 1.54) is 6.20 Å². The number of nitrogens with one attached hydrogen (secondary N) is 1. The van der Waals surface area contributed by atoms with Crippen LogP contribution in [0.15, 0.2) is 6.20 Å². The molecule has 0 aliphatic rings. The van der Waals surface area contributed by atoms with Crippen LogP contribution in [0.1, 0.15) is 43.2 Å². The molecule has 0 bridgehead atoms. The summed E-state index contributed by atoms with van der Waals surface area (Å²) in [6, 6.07) is 0. The van der Waals surface area contributed by atoms with Gasteiger partial charge in [-0.1, -0.05) is 13.8 Å². The van der Waals surface area contributed by atoms with Crippen molar-refractivity contribution in [2.45, 2.75) is 26.9 Å². The molecule has 1 heterocycles. The molecule has 0 aliphatic carbocycles. The molecule has 4 nitrogen and oxygen atoms in total. The number of rotatable bonds is 5. The Morgan fingerprint density at radius 2 is 2.36 bits per heavy atom. The van der Waals surface area contributed by atoms with E-state index < -0.39 is 0 Å². The predicted octanol–water partition coefficient (Wildman–Crippen LogP) is 1.96. The van der Waals surface area contributed by atoms with Crippen molar-refractivity contribution in [3.8, 4) is 0 Å². The number of H-pyrrole nitrogens is 1. The normalized spacial score (nSPS) is 13.1. The average molecular weight is 196 g/mol. The molecule has 14 heavy (non-hydrogen) atoms. The molecule has 78 valence electrons. The molecule has 1 N–H and O–H groups in total. The van der Waals surface area contributed by atoms with E-state index in [1.54, 1.807) is 0 Å². The Bertz CT molecular complexity index is 294.